The van der Waals surface area contributed by atoms with Crippen molar-refractivity contribution < 1.29 is 28.6 Å². The zero-order chi connectivity index (χ0) is 19.9. The normalized spacial score (nSPS) is 12.5. The van der Waals surface area contributed by atoms with E-state index in [4.69, 9.17) is 14.2 Å². The Hall–Kier alpha value is -3.61. The summed E-state index contributed by atoms with van der Waals surface area (Å²) in [4.78, 5) is 35.4. The summed E-state index contributed by atoms with van der Waals surface area (Å²) in [5.41, 5.74) is 1.50. The lowest BCUT2D eigenvalue weighted by atomic mass is 10.1. The van der Waals surface area contributed by atoms with E-state index in [1.165, 1.54) is 13.0 Å². The molecule has 0 fully saturated rings. The van der Waals surface area contributed by atoms with E-state index in [2.05, 4.69) is 5.32 Å². The fourth-order valence-electron chi connectivity index (χ4n) is 2.60. The van der Waals surface area contributed by atoms with Crippen LogP contribution in [0.5, 0.6) is 11.5 Å². The van der Waals surface area contributed by atoms with Gasteiger partial charge in [-0.25, -0.2) is 4.79 Å². The van der Waals surface area contributed by atoms with E-state index >= 15 is 0 Å². The van der Waals surface area contributed by atoms with Gasteiger partial charge in [0, 0.05) is 11.6 Å². The standard InChI is InChI=1S/C21H19NO6/c1-14(23)16-4-2-3-5-17(16)22-20(24)13-28-21(25)9-7-15-6-8-18-19(12-15)27-11-10-26-18/h2-9,12H,10-11,13H2,1H3,(H,22,24)/b9-7+. The molecule has 3 rings (SSSR count). The van der Waals surface area contributed by atoms with Crippen LogP contribution < -0.4 is 14.8 Å². The summed E-state index contributed by atoms with van der Waals surface area (Å²) in [6.07, 6.45) is 2.78. The van der Waals surface area contributed by atoms with Crippen molar-refractivity contribution in [3.8, 4) is 11.5 Å². The lowest BCUT2D eigenvalue weighted by molar-refractivity contribution is -0.142. The molecular formula is C21H19NO6. The fourth-order valence-corrected chi connectivity index (χ4v) is 2.60. The number of ketones is 1. The first-order valence-corrected chi connectivity index (χ1v) is 8.67. The Morgan fingerprint density at radius 1 is 1.07 bits per heavy atom. The molecule has 0 bridgehead atoms. The zero-order valence-electron chi connectivity index (χ0n) is 15.3. The second-order valence-electron chi connectivity index (χ2n) is 5.99. The number of carbonyl (C=O) groups excluding carboxylic acids is 3. The maximum atomic E-state index is 12.0. The molecule has 1 heterocycles. The molecule has 0 saturated carbocycles. The van der Waals surface area contributed by atoms with Crippen LogP contribution in [0.4, 0.5) is 5.69 Å². The molecule has 7 nitrogen and oxygen atoms in total. The number of anilines is 1. The summed E-state index contributed by atoms with van der Waals surface area (Å²) in [5, 5.41) is 2.56. The number of Topliss-reactive ketones (excluding diaryl/α,β-unsaturated/α-hetero) is 1. The van der Waals surface area contributed by atoms with Crippen LogP contribution in [0.3, 0.4) is 0 Å². The Kier molecular flexibility index (Phi) is 6.06. The van der Waals surface area contributed by atoms with Crippen molar-refractivity contribution in [3.63, 3.8) is 0 Å². The van der Waals surface area contributed by atoms with Crippen LogP contribution in [0.25, 0.3) is 6.08 Å². The van der Waals surface area contributed by atoms with Gasteiger partial charge in [-0.15, -0.1) is 0 Å². The minimum atomic E-state index is -0.662. The second kappa shape index (κ2) is 8.85. The maximum absolute atomic E-state index is 12.0. The largest absolute Gasteiger partial charge is 0.486 e. The molecule has 1 aliphatic rings. The van der Waals surface area contributed by atoms with Gasteiger partial charge < -0.3 is 19.5 Å². The first-order valence-electron chi connectivity index (χ1n) is 8.67. The Labute approximate surface area is 161 Å². The highest BCUT2D eigenvalue weighted by Gasteiger charge is 2.12. The van der Waals surface area contributed by atoms with Gasteiger partial charge in [-0.05, 0) is 42.8 Å². The van der Waals surface area contributed by atoms with E-state index in [1.54, 1.807) is 48.5 Å². The van der Waals surface area contributed by atoms with Gasteiger partial charge in [0.2, 0.25) is 0 Å². The van der Waals surface area contributed by atoms with E-state index in [1.807, 2.05) is 0 Å². The van der Waals surface area contributed by atoms with Crippen molar-refractivity contribution in [2.45, 2.75) is 6.92 Å². The molecule has 28 heavy (non-hydrogen) atoms. The predicted molar refractivity (Wildman–Crippen MR) is 103 cm³/mol. The van der Waals surface area contributed by atoms with Gasteiger partial charge in [0.05, 0.1) is 5.69 Å². The summed E-state index contributed by atoms with van der Waals surface area (Å²) < 4.78 is 15.8. The summed E-state index contributed by atoms with van der Waals surface area (Å²) in [6.45, 7) is 1.93. The third-order valence-corrected chi connectivity index (χ3v) is 3.90. The number of fused-ring (bicyclic) bond motifs is 1. The molecule has 7 heteroatoms. The van der Waals surface area contributed by atoms with Gasteiger partial charge in [-0.1, -0.05) is 18.2 Å². The number of amides is 1. The molecule has 0 spiro atoms. The van der Waals surface area contributed by atoms with Crippen LogP contribution in [-0.2, 0) is 14.3 Å². The second-order valence-corrected chi connectivity index (χ2v) is 5.99. The maximum Gasteiger partial charge on any atom is 0.331 e. The first-order chi connectivity index (χ1) is 13.5. The van der Waals surface area contributed by atoms with Crippen LogP contribution in [-0.4, -0.2) is 37.5 Å². The predicted octanol–water partition coefficient (Wildman–Crippen LogP) is 2.86. The number of para-hydroxylation sites is 1. The van der Waals surface area contributed by atoms with Gasteiger partial charge in [-0.2, -0.15) is 0 Å². The van der Waals surface area contributed by atoms with Crippen molar-refractivity contribution in [1.29, 1.82) is 0 Å². The van der Waals surface area contributed by atoms with E-state index in [-0.39, 0.29) is 5.78 Å². The van der Waals surface area contributed by atoms with Crippen molar-refractivity contribution in [2.24, 2.45) is 0 Å². The monoisotopic (exact) mass is 381 g/mol. The topological polar surface area (TPSA) is 90.9 Å². The lowest BCUT2D eigenvalue weighted by Crippen LogP contribution is -2.21. The molecule has 1 N–H and O–H groups in total. The van der Waals surface area contributed by atoms with Gasteiger partial charge in [-0.3, -0.25) is 9.59 Å². The van der Waals surface area contributed by atoms with Crippen molar-refractivity contribution in [2.75, 3.05) is 25.1 Å². The number of rotatable bonds is 6. The Balaban J connectivity index is 1.52. The smallest absolute Gasteiger partial charge is 0.331 e. The van der Waals surface area contributed by atoms with Crippen molar-refractivity contribution in [1.82, 2.24) is 0 Å². The molecule has 0 aromatic heterocycles. The highest BCUT2D eigenvalue weighted by Crippen LogP contribution is 2.31. The quantitative estimate of drug-likeness (QED) is 0.470. The first kappa shape index (κ1) is 19.2. The number of hydrogen-bond acceptors (Lipinski definition) is 6. The Morgan fingerprint density at radius 2 is 1.82 bits per heavy atom. The molecule has 144 valence electrons. The Bertz CT molecular complexity index is 934. The zero-order valence-corrected chi connectivity index (χ0v) is 15.3. The molecule has 1 amide bonds. The summed E-state index contributed by atoms with van der Waals surface area (Å²) in [6, 6.07) is 11.9. The van der Waals surface area contributed by atoms with Gasteiger partial charge in [0.1, 0.15) is 13.2 Å². The van der Waals surface area contributed by atoms with Crippen LogP contribution in [0.2, 0.25) is 0 Å². The fraction of sp³-hybridized carbons (Fsp3) is 0.190. The average molecular weight is 381 g/mol. The molecule has 0 unspecified atom stereocenters. The van der Waals surface area contributed by atoms with Crippen LogP contribution in [0, 0.1) is 0 Å². The van der Waals surface area contributed by atoms with Crippen molar-refractivity contribution >= 4 is 29.4 Å². The van der Waals surface area contributed by atoms with Crippen molar-refractivity contribution in [3.05, 3.63) is 59.7 Å². The summed E-state index contributed by atoms with van der Waals surface area (Å²) in [5.74, 6) is -0.0892. The number of nitrogens with one attached hydrogen (secondary N) is 1. The van der Waals surface area contributed by atoms with Crippen LogP contribution in [0.1, 0.15) is 22.8 Å². The molecule has 1 aliphatic heterocycles. The third-order valence-electron chi connectivity index (χ3n) is 3.90. The minimum Gasteiger partial charge on any atom is -0.486 e. The minimum absolute atomic E-state index is 0.171. The molecule has 0 aliphatic carbocycles. The highest BCUT2D eigenvalue weighted by atomic mass is 16.6. The molecule has 0 saturated heterocycles. The third kappa shape index (κ3) is 4.97. The molecule has 0 radical (unpaired) electrons. The van der Waals surface area contributed by atoms with E-state index < -0.39 is 18.5 Å². The Morgan fingerprint density at radius 3 is 2.61 bits per heavy atom. The number of esters is 1. The SMILES string of the molecule is CC(=O)c1ccccc1NC(=O)COC(=O)/C=C/c1ccc2c(c1)OCCO2. The van der Waals surface area contributed by atoms with Gasteiger partial charge in [0.25, 0.3) is 5.91 Å². The molecule has 0 atom stereocenters. The number of ether oxygens (including phenoxy) is 3. The van der Waals surface area contributed by atoms with E-state index in [0.717, 1.165) is 5.56 Å². The average Bonchev–Trinajstić information content (AvgIpc) is 2.70. The highest BCUT2D eigenvalue weighted by molar-refractivity contribution is 6.04. The summed E-state index contributed by atoms with van der Waals surface area (Å²) in [7, 11) is 0. The molecule has 2 aromatic carbocycles. The van der Waals surface area contributed by atoms with E-state index in [0.29, 0.717) is 36.0 Å². The number of benzene rings is 2. The molecule has 2 aromatic rings. The molecular weight excluding hydrogens is 362 g/mol. The van der Waals surface area contributed by atoms with Gasteiger partial charge >= 0.3 is 5.97 Å². The lowest BCUT2D eigenvalue weighted by Gasteiger charge is -2.18. The van der Waals surface area contributed by atoms with E-state index in [9.17, 15) is 14.4 Å². The summed E-state index contributed by atoms with van der Waals surface area (Å²) >= 11 is 0. The van der Waals surface area contributed by atoms with Crippen LogP contribution in [0.15, 0.2) is 48.5 Å². The van der Waals surface area contributed by atoms with Gasteiger partial charge in [0.15, 0.2) is 23.9 Å². The number of carbonyl (C=O) groups is 3. The van der Waals surface area contributed by atoms with Crippen LogP contribution >= 0.6 is 0 Å². The number of hydrogen-bond donors (Lipinski definition) is 1.